The molecule has 0 radical (unpaired) electrons. The molecule has 2 aliphatic heterocycles. The Morgan fingerprint density at radius 3 is 2.44 bits per heavy atom. The van der Waals surface area contributed by atoms with Crippen LogP contribution in [0.5, 0.6) is 5.75 Å². The van der Waals surface area contributed by atoms with Gasteiger partial charge < -0.3 is 20.3 Å². The number of methoxy groups -OCH3 is 1. The van der Waals surface area contributed by atoms with Gasteiger partial charge in [0.1, 0.15) is 11.4 Å². The van der Waals surface area contributed by atoms with Crippen LogP contribution < -0.4 is 20.3 Å². The number of fused-ring (bicyclic) bond motifs is 1. The molecule has 0 bridgehead atoms. The van der Waals surface area contributed by atoms with Gasteiger partial charge in [-0.25, -0.2) is 4.68 Å². The molecular weight excluding hydrogens is 434 g/mol. The van der Waals surface area contributed by atoms with E-state index in [1.165, 1.54) is 29.2 Å². The average Bonchev–Trinajstić information content (AvgIpc) is 3.36. The number of piperidine rings is 1. The fourth-order valence-electron chi connectivity index (χ4n) is 3.83. The third-order valence-corrected chi connectivity index (χ3v) is 5.46. The molecule has 174 valence electrons. The number of carbonyl (C=O) groups is 3. The predicted molar refractivity (Wildman–Crippen MR) is 127 cm³/mol. The van der Waals surface area contributed by atoms with E-state index in [0.29, 0.717) is 28.2 Å². The molecule has 0 unspecified atom stereocenters. The minimum Gasteiger partial charge on any atom is -0.497 e. The first kappa shape index (κ1) is 12.4. The summed E-state index contributed by atoms with van der Waals surface area (Å²) in [5, 5.41) is 3.88. The molecule has 0 spiro atoms. The minimum atomic E-state index is -3.19. The van der Waals surface area contributed by atoms with Gasteiger partial charge in [0.25, 0.3) is 11.8 Å². The minimum absolute atomic E-state index is 0.113. The van der Waals surface area contributed by atoms with Crippen molar-refractivity contribution in [2.45, 2.75) is 25.6 Å². The lowest BCUT2D eigenvalue weighted by atomic mass is 10.0. The van der Waals surface area contributed by atoms with Gasteiger partial charge in [-0.15, -0.1) is 0 Å². The fraction of sp³-hybridized carbons (Fsp3) is 0.280. The number of nitrogens with zero attached hydrogens (tertiary/aromatic N) is 4. The quantitative estimate of drug-likeness (QED) is 0.616. The summed E-state index contributed by atoms with van der Waals surface area (Å²) in [6, 6.07) is 1.67. The highest BCUT2D eigenvalue weighted by atomic mass is 16.5. The Morgan fingerprint density at radius 1 is 1.09 bits per heavy atom. The Kier molecular flexibility index (Phi) is 3.15. The van der Waals surface area contributed by atoms with Gasteiger partial charge in [-0.05, 0) is 67.6 Å². The van der Waals surface area contributed by atoms with E-state index in [1.54, 1.807) is 0 Å². The lowest BCUT2D eigenvalue weighted by Gasteiger charge is -2.29. The molecule has 1 fully saturated rings. The molecule has 0 atom stereocenters. The van der Waals surface area contributed by atoms with E-state index < -0.39 is 84.3 Å². The summed E-state index contributed by atoms with van der Waals surface area (Å²) in [5.74, 6) is -3.69. The van der Waals surface area contributed by atoms with Crippen LogP contribution in [-0.2, 0) is 11.2 Å². The molecule has 0 aliphatic carbocycles. The van der Waals surface area contributed by atoms with Crippen molar-refractivity contribution >= 4 is 29.1 Å². The number of hydrogen-bond donors (Lipinski definition) is 1. The normalized spacial score (nSPS) is 23.9. The number of benzene rings is 2. The van der Waals surface area contributed by atoms with Crippen molar-refractivity contribution in [3.8, 4) is 11.4 Å². The van der Waals surface area contributed by atoms with Crippen molar-refractivity contribution in [3.05, 3.63) is 65.4 Å². The van der Waals surface area contributed by atoms with Crippen LogP contribution in [0.4, 0.5) is 11.4 Å². The second-order valence-electron chi connectivity index (χ2n) is 7.52. The third kappa shape index (κ3) is 3.68. The number of primary amides is 1. The van der Waals surface area contributed by atoms with Crippen LogP contribution in [-0.4, -0.2) is 47.6 Å². The molecule has 9 nitrogen and oxygen atoms in total. The number of carbonyl (C=O) groups excluding carboxylic acids is 3. The van der Waals surface area contributed by atoms with Crippen molar-refractivity contribution in [1.29, 1.82) is 0 Å². The van der Waals surface area contributed by atoms with Gasteiger partial charge in [0.15, 0.2) is 5.69 Å². The maximum absolute atomic E-state index is 14.2. The van der Waals surface area contributed by atoms with Gasteiger partial charge in [0.2, 0.25) is 5.91 Å². The van der Waals surface area contributed by atoms with Gasteiger partial charge in [-0.1, -0.05) is 0 Å². The lowest BCUT2D eigenvalue weighted by molar-refractivity contribution is -0.119. The summed E-state index contributed by atoms with van der Waals surface area (Å²) in [5.41, 5.74) is 2.40. The highest BCUT2D eigenvalue weighted by Gasteiger charge is 2.34. The largest absolute Gasteiger partial charge is 0.497 e. The summed E-state index contributed by atoms with van der Waals surface area (Å²) in [6.07, 6.45) is -1.33. The molecule has 5 rings (SSSR count). The van der Waals surface area contributed by atoms with Crippen LogP contribution in [0.25, 0.3) is 5.69 Å². The Morgan fingerprint density at radius 2 is 1.79 bits per heavy atom. The van der Waals surface area contributed by atoms with E-state index in [1.807, 2.05) is 0 Å². The summed E-state index contributed by atoms with van der Waals surface area (Å²) in [7, 11) is -3.15. The summed E-state index contributed by atoms with van der Waals surface area (Å²) in [6.45, 7) is -2.72. The van der Waals surface area contributed by atoms with E-state index in [9.17, 15) is 14.4 Å². The number of ether oxygens (including phenoxy) is 1. The van der Waals surface area contributed by atoms with E-state index in [4.69, 9.17) is 20.8 Å². The summed E-state index contributed by atoms with van der Waals surface area (Å²) >= 11 is 0. The Hall–Kier alpha value is -4.14. The third-order valence-electron chi connectivity index (χ3n) is 5.46. The first-order chi connectivity index (χ1) is 20.8. The Labute approximate surface area is 212 Å². The van der Waals surface area contributed by atoms with Crippen LogP contribution in [0.15, 0.2) is 48.4 Å². The van der Waals surface area contributed by atoms with Crippen molar-refractivity contribution in [3.63, 3.8) is 0 Å². The molecular formula is C25H25N5O4. The number of nitrogens with two attached hydrogens (primary N) is 1. The van der Waals surface area contributed by atoms with Gasteiger partial charge >= 0.3 is 0 Å². The highest BCUT2D eigenvalue weighted by molar-refractivity contribution is 6.09. The molecule has 0 saturated carbocycles. The molecule has 9 heteroatoms. The Balaban J connectivity index is 1.73. The number of rotatable bonds is 5. The van der Waals surface area contributed by atoms with Crippen molar-refractivity contribution < 1.29 is 34.2 Å². The molecule has 2 aliphatic rings. The zero-order valence-corrected chi connectivity index (χ0v) is 17.6. The topological polar surface area (TPSA) is 111 Å². The zero-order valence-electron chi connectivity index (χ0n) is 28.6. The van der Waals surface area contributed by atoms with E-state index in [0.717, 1.165) is 12.8 Å². The van der Waals surface area contributed by atoms with E-state index in [-0.39, 0.29) is 11.6 Å². The van der Waals surface area contributed by atoms with Crippen LogP contribution in [0.1, 0.15) is 60.9 Å². The van der Waals surface area contributed by atoms with E-state index >= 15 is 0 Å². The monoisotopic (exact) mass is 470 g/mol. The fourth-order valence-corrected chi connectivity index (χ4v) is 3.83. The Bertz CT molecular complexity index is 1730. The molecule has 3 heterocycles. The second kappa shape index (κ2) is 8.66. The van der Waals surface area contributed by atoms with Gasteiger partial charge in [0.05, 0.1) is 25.1 Å². The maximum Gasteiger partial charge on any atom is 0.277 e. The first-order valence-electron chi connectivity index (χ1n) is 15.8. The maximum atomic E-state index is 14.2. The number of aromatic nitrogens is 2. The standard InChI is InChI=1S/C25H25N5O4/c1-34-19-11-9-18(10-12-19)30-23-20(22(27-30)24(26)32)13-15-29(25(23)33)17-7-5-16(6-8-17)28-14-3-2-4-21(28)31/h5-12H,2-4,13-15H2,1H3,(H2,26,32)/i1D3,9D,10D,11D,12D,13D2,15D2. The first-order valence-corrected chi connectivity index (χ1v) is 10.3. The molecule has 1 aromatic heterocycles. The lowest BCUT2D eigenvalue weighted by Crippen LogP contribution is -2.39. The number of hydrogen-bond acceptors (Lipinski definition) is 5. The summed E-state index contributed by atoms with van der Waals surface area (Å²) < 4.78 is 95.5. The van der Waals surface area contributed by atoms with Crippen LogP contribution >= 0.6 is 0 Å². The van der Waals surface area contributed by atoms with Crippen molar-refractivity contribution in [2.24, 2.45) is 5.73 Å². The number of amides is 3. The van der Waals surface area contributed by atoms with Crippen molar-refractivity contribution in [2.75, 3.05) is 29.9 Å². The van der Waals surface area contributed by atoms with Crippen LogP contribution in [0.3, 0.4) is 0 Å². The molecule has 3 amide bonds. The summed E-state index contributed by atoms with van der Waals surface area (Å²) in [4.78, 5) is 41.0. The van der Waals surface area contributed by atoms with Crippen LogP contribution in [0, 0.1) is 0 Å². The molecule has 1 saturated heterocycles. The average molecular weight is 471 g/mol. The zero-order chi connectivity index (χ0) is 33.4. The smallest absolute Gasteiger partial charge is 0.277 e. The van der Waals surface area contributed by atoms with Crippen LogP contribution in [0.2, 0.25) is 0 Å². The van der Waals surface area contributed by atoms with Gasteiger partial charge in [0, 0.05) is 39.1 Å². The molecule has 34 heavy (non-hydrogen) atoms. The second-order valence-corrected chi connectivity index (χ2v) is 7.52. The molecule has 2 N–H and O–H groups in total. The SMILES string of the molecule is [2H]c1c([2H])c(-n2nc(C(N)=O)c3c2C(=O)N(c2ccc(N4CCCCC4=O)cc2)C([2H])([2H])C3([2H])[2H])c([2H])c([2H])c1OC([2H])([2H])[2H]. The molecule has 3 aromatic rings. The predicted octanol–water partition coefficient (Wildman–Crippen LogP) is 2.70. The highest BCUT2D eigenvalue weighted by Crippen LogP contribution is 2.31. The van der Waals surface area contributed by atoms with E-state index in [2.05, 4.69) is 9.84 Å². The number of anilines is 2. The van der Waals surface area contributed by atoms with Crippen molar-refractivity contribution in [1.82, 2.24) is 9.78 Å². The van der Waals surface area contributed by atoms with Gasteiger partial charge in [-0.3, -0.25) is 14.4 Å². The molecule has 2 aromatic carbocycles. The van der Waals surface area contributed by atoms with Gasteiger partial charge in [-0.2, -0.15) is 5.10 Å².